The number of rotatable bonds is 6. The zero-order valence-electron chi connectivity index (χ0n) is 19.8. The van der Waals surface area contributed by atoms with Crippen molar-refractivity contribution in [1.29, 1.82) is 0 Å². The average molecular weight is 474 g/mol. The van der Waals surface area contributed by atoms with Crippen molar-refractivity contribution >= 4 is 23.1 Å². The molecule has 0 saturated carbocycles. The highest BCUT2D eigenvalue weighted by molar-refractivity contribution is 5.96. The maximum atomic E-state index is 12.6. The van der Waals surface area contributed by atoms with E-state index in [0.717, 1.165) is 29.7 Å². The fourth-order valence-electron chi connectivity index (χ4n) is 4.28. The van der Waals surface area contributed by atoms with Gasteiger partial charge in [0.15, 0.2) is 5.82 Å². The van der Waals surface area contributed by atoms with Crippen LogP contribution in [0.15, 0.2) is 48.6 Å². The summed E-state index contributed by atoms with van der Waals surface area (Å²) in [6, 6.07) is 6.81. The summed E-state index contributed by atoms with van der Waals surface area (Å²) in [4.78, 5) is 36.3. The lowest BCUT2D eigenvalue weighted by molar-refractivity contribution is -0.126. The summed E-state index contributed by atoms with van der Waals surface area (Å²) in [6.45, 7) is 3.97. The number of nitrogens with one attached hydrogen (secondary N) is 3. The molecule has 1 atom stereocenters. The Labute approximate surface area is 203 Å². The topological polar surface area (TPSA) is 124 Å². The maximum absolute atomic E-state index is 12.6. The van der Waals surface area contributed by atoms with E-state index in [4.69, 9.17) is 10.2 Å². The first kappa shape index (κ1) is 23.8. The summed E-state index contributed by atoms with van der Waals surface area (Å²) in [5.74, 6) is 6.36. The van der Waals surface area contributed by atoms with Gasteiger partial charge in [0.1, 0.15) is 22.9 Å². The van der Waals surface area contributed by atoms with Crippen LogP contribution in [-0.4, -0.2) is 49.9 Å². The Bertz CT molecular complexity index is 1350. The minimum Gasteiger partial charge on any atom is -0.371 e. The number of aromatic nitrogens is 3. The molecule has 35 heavy (non-hydrogen) atoms. The number of amides is 2. The third kappa shape index (κ3) is 4.54. The summed E-state index contributed by atoms with van der Waals surface area (Å²) in [5.41, 5.74) is 4.63. The van der Waals surface area contributed by atoms with Gasteiger partial charge < -0.3 is 15.5 Å². The summed E-state index contributed by atoms with van der Waals surface area (Å²) >= 11 is 0. The highest BCUT2D eigenvalue weighted by atomic mass is 16.5. The minimum atomic E-state index is -0.365. The van der Waals surface area contributed by atoms with Crippen LogP contribution in [0.1, 0.15) is 48.9 Å². The Balaban J connectivity index is 1.76. The van der Waals surface area contributed by atoms with Gasteiger partial charge in [-0.1, -0.05) is 18.1 Å². The van der Waals surface area contributed by atoms with Crippen molar-refractivity contribution in [2.75, 3.05) is 18.9 Å². The Hall–Kier alpha value is -4.36. The van der Waals surface area contributed by atoms with E-state index in [1.807, 2.05) is 28.2 Å². The van der Waals surface area contributed by atoms with Gasteiger partial charge in [0.25, 0.3) is 11.8 Å². The standard InChI is InChI=1S/C25H27N7O3/c1-4-7-20(33)31-14-6-8-18(31)24-29-21(22-23(26-3)27-13-15-32(22)24)16-9-11-17(12-10-16)25(34)28-19(5-2)30-35/h5,9-13,15,18,30,35H,6,8,14H2,1-3H3,(H,26,27)(H,28,34)/b19-5-. The highest BCUT2D eigenvalue weighted by Crippen LogP contribution is 2.36. The van der Waals surface area contributed by atoms with Crippen LogP contribution in [0, 0.1) is 11.8 Å². The second-order valence-electron chi connectivity index (χ2n) is 7.94. The SMILES string of the molecule is CC#CC(=O)N1CCCC1c1nc(-c2ccc(C(=O)N/C(=C/C)NO)cc2)c2c(NC)nccn12. The van der Waals surface area contributed by atoms with Gasteiger partial charge in [0, 0.05) is 37.1 Å². The van der Waals surface area contributed by atoms with Crippen molar-refractivity contribution in [2.45, 2.75) is 32.7 Å². The molecular formula is C25H27N7O3. The van der Waals surface area contributed by atoms with Crippen LogP contribution < -0.4 is 16.1 Å². The smallest absolute Gasteiger partial charge is 0.299 e. The average Bonchev–Trinajstić information content (AvgIpc) is 3.52. The molecule has 1 aliphatic heterocycles. The predicted octanol–water partition coefficient (Wildman–Crippen LogP) is 2.69. The Kier molecular flexibility index (Phi) is 6.98. The van der Waals surface area contributed by atoms with Crippen molar-refractivity contribution in [2.24, 2.45) is 0 Å². The number of hydroxylamine groups is 1. The molecule has 0 aliphatic carbocycles. The molecular weight excluding hydrogens is 446 g/mol. The molecule has 2 aromatic heterocycles. The van der Waals surface area contributed by atoms with Crippen molar-refractivity contribution in [1.82, 2.24) is 30.1 Å². The van der Waals surface area contributed by atoms with E-state index in [9.17, 15) is 9.59 Å². The zero-order valence-corrected chi connectivity index (χ0v) is 19.8. The number of benzene rings is 1. The molecule has 10 nitrogen and oxygen atoms in total. The van der Waals surface area contributed by atoms with Gasteiger partial charge in [-0.15, -0.1) is 0 Å². The van der Waals surface area contributed by atoms with Crippen LogP contribution in [0.2, 0.25) is 0 Å². The van der Waals surface area contributed by atoms with E-state index in [1.165, 1.54) is 0 Å². The molecule has 3 aromatic rings. The Morgan fingerprint density at radius 1 is 1.26 bits per heavy atom. The number of hydrogen-bond donors (Lipinski definition) is 4. The van der Waals surface area contributed by atoms with Crippen LogP contribution >= 0.6 is 0 Å². The number of nitrogens with zero attached hydrogens (tertiary/aromatic N) is 4. The Morgan fingerprint density at radius 2 is 2.03 bits per heavy atom. The Morgan fingerprint density at radius 3 is 2.69 bits per heavy atom. The van der Waals surface area contributed by atoms with Gasteiger partial charge >= 0.3 is 0 Å². The lowest BCUT2D eigenvalue weighted by atomic mass is 10.1. The van der Waals surface area contributed by atoms with Crippen molar-refractivity contribution < 1.29 is 14.8 Å². The molecule has 1 fully saturated rings. The fourth-order valence-corrected chi connectivity index (χ4v) is 4.28. The van der Waals surface area contributed by atoms with E-state index in [0.29, 0.717) is 23.6 Å². The van der Waals surface area contributed by atoms with Gasteiger partial charge in [0.05, 0.1) is 6.04 Å². The molecule has 4 N–H and O–H groups in total. The molecule has 0 radical (unpaired) electrons. The quantitative estimate of drug-likeness (QED) is 0.321. The van der Waals surface area contributed by atoms with Crippen LogP contribution in [0.25, 0.3) is 16.8 Å². The maximum Gasteiger partial charge on any atom is 0.299 e. The third-order valence-electron chi connectivity index (χ3n) is 5.94. The number of imidazole rings is 1. The summed E-state index contributed by atoms with van der Waals surface area (Å²) in [6.07, 6.45) is 6.74. The monoisotopic (exact) mass is 473 g/mol. The van der Waals surface area contributed by atoms with Gasteiger partial charge in [-0.25, -0.2) is 9.97 Å². The molecule has 3 heterocycles. The van der Waals surface area contributed by atoms with E-state index >= 15 is 0 Å². The second-order valence-corrected chi connectivity index (χ2v) is 7.94. The summed E-state index contributed by atoms with van der Waals surface area (Å²) in [7, 11) is 1.79. The normalized spacial score (nSPS) is 15.5. The van der Waals surface area contributed by atoms with Crippen molar-refractivity contribution in [3.8, 4) is 23.1 Å². The zero-order chi connectivity index (χ0) is 24.9. The van der Waals surface area contributed by atoms with Crippen LogP contribution in [0.5, 0.6) is 0 Å². The number of likely N-dealkylation sites (tertiary alicyclic amines) is 1. The van der Waals surface area contributed by atoms with Crippen LogP contribution in [0.3, 0.4) is 0 Å². The molecule has 1 saturated heterocycles. The van der Waals surface area contributed by atoms with Crippen LogP contribution in [-0.2, 0) is 4.79 Å². The van der Waals surface area contributed by atoms with E-state index < -0.39 is 0 Å². The summed E-state index contributed by atoms with van der Waals surface area (Å²) < 4.78 is 1.97. The first-order valence-corrected chi connectivity index (χ1v) is 11.3. The van der Waals surface area contributed by atoms with E-state index in [1.54, 1.807) is 50.2 Å². The van der Waals surface area contributed by atoms with Gasteiger partial charge in [-0.3, -0.25) is 24.7 Å². The molecule has 0 spiro atoms. The summed E-state index contributed by atoms with van der Waals surface area (Å²) in [5, 5.41) is 14.8. The van der Waals surface area contributed by atoms with Gasteiger partial charge in [-0.2, -0.15) is 0 Å². The fraction of sp³-hybridized carbons (Fsp3) is 0.280. The lowest BCUT2D eigenvalue weighted by Gasteiger charge is -2.21. The molecule has 2 amide bonds. The number of anilines is 1. The van der Waals surface area contributed by atoms with E-state index in [-0.39, 0.29) is 23.7 Å². The highest BCUT2D eigenvalue weighted by Gasteiger charge is 2.33. The lowest BCUT2D eigenvalue weighted by Crippen LogP contribution is -2.30. The molecule has 180 valence electrons. The van der Waals surface area contributed by atoms with Crippen molar-refractivity contribution in [3.63, 3.8) is 0 Å². The van der Waals surface area contributed by atoms with Gasteiger partial charge in [0.2, 0.25) is 0 Å². The predicted molar refractivity (Wildman–Crippen MR) is 131 cm³/mol. The number of hydrogen-bond acceptors (Lipinski definition) is 7. The van der Waals surface area contributed by atoms with E-state index in [2.05, 4.69) is 27.5 Å². The number of carbonyl (C=O) groups excluding carboxylic acids is 2. The first-order valence-electron chi connectivity index (χ1n) is 11.3. The molecule has 1 aliphatic rings. The first-order chi connectivity index (χ1) is 17.0. The van der Waals surface area contributed by atoms with Gasteiger partial charge in [-0.05, 0) is 50.8 Å². The second kappa shape index (κ2) is 10.3. The molecule has 10 heteroatoms. The van der Waals surface area contributed by atoms with Crippen LogP contribution in [0.4, 0.5) is 5.82 Å². The molecule has 0 bridgehead atoms. The molecule has 4 rings (SSSR count). The molecule has 1 aromatic carbocycles. The molecule has 1 unspecified atom stereocenters. The van der Waals surface area contributed by atoms with Crippen molar-refractivity contribution in [3.05, 3.63) is 59.9 Å². The number of carbonyl (C=O) groups is 2. The number of fused-ring (bicyclic) bond motifs is 1. The minimum absolute atomic E-state index is 0.192. The third-order valence-corrected chi connectivity index (χ3v) is 5.94. The number of allylic oxidation sites excluding steroid dienone is 1. The largest absolute Gasteiger partial charge is 0.371 e.